The molecule has 144 valence electrons. The van der Waals surface area contributed by atoms with Crippen molar-refractivity contribution < 1.29 is 19.2 Å². The fourth-order valence-corrected chi connectivity index (χ4v) is 3.14. The Morgan fingerprint density at radius 3 is 2.54 bits per heavy atom. The molecule has 1 aromatic carbocycles. The predicted octanol–water partition coefficient (Wildman–Crippen LogP) is 0.415. The molecule has 26 heavy (non-hydrogen) atoms. The van der Waals surface area contributed by atoms with Gasteiger partial charge in [0.05, 0.1) is 38.8 Å². The average Bonchev–Trinajstić information content (AvgIpc) is 3.00. The number of quaternary nitrogens is 1. The van der Waals surface area contributed by atoms with E-state index >= 15 is 0 Å². The molecule has 0 aromatic heterocycles. The average molecular weight is 363 g/mol. The summed E-state index contributed by atoms with van der Waals surface area (Å²) in [4.78, 5) is 27.5. The Bertz CT molecular complexity index is 587. The summed E-state index contributed by atoms with van der Waals surface area (Å²) < 4.78 is 5.42. The second kappa shape index (κ2) is 10.0. The van der Waals surface area contributed by atoms with E-state index in [1.54, 1.807) is 4.90 Å². The van der Waals surface area contributed by atoms with E-state index in [9.17, 15) is 9.59 Å². The second-order valence-electron chi connectivity index (χ2n) is 6.44. The summed E-state index contributed by atoms with van der Waals surface area (Å²) in [6.07, 6.45) is 0.321. The first-order chi connectivity index (χ1) is 12.6. The van der Waals surface area contributed by atoms with Crippen LogP contribution in [0.4, 0.5) is 10.5 Å². The Labute approximate surface area is 155 Å². The lowest BCUT2D eigenvalue weighted by Crippen LogP contribution is -3.12. The lowest BCUT2D eigenvalue weighted by molar-refractivity contribution is -0.895. The van der Waals surface area contributed by atoms with Gasteiger partial charge in [-0.15, -0.1) is 0 Å². The second-order valence-corrected chi connectivity index (χ2v) is 6.44. The van der Waals surface area contributed by atoms with Crippen molar-refractivity contribution in [3.05, 3.63) is 24.3 Å². The number of likely N-dealkylation sites (N-methyl/N-ethyl adjacent to an activating group) is 1. The van der Waals surface area contributed by atoms with Gasteiger partial charge in [0, 0.05) is 18.7 Å². The Morgan fingerprint density at radius 2 is 1.92 bits per heavy atom. The van der Waals surface area contributed by atoms with Crippen LogP contribution in [0.2, 0.25) is 0 Å². The molecule has 0 radical (unpaired) electrons. The molecule has 1 atom stereocenters. The molecule has 3 N–H and O–H groups in total. The van der Waals surface area contributed by atoms with Crippen LogP contribution in [0.25, 0.3) is 0 Å². The van der Waals surface area contributed by atoms with E-state index in [1.165, 1.54) is 4.90 Å². The maximum absolute atomic E-state index is 12.3. The topological polar surface area (TPSA) is 75.1 Å². The molecule has 1 heterocycles. The molecule has 1 saturated heterocycles. The van der Waals surface area contributed by atoms with Crippen LogP contribution in [0.15, 0.2) is 24.3 Å². The summed E-state index contributed by atoms with van der Waals surface area (Å²) in [6.45, 7) is 10.9. The normalized spacial score (nSPS) is 16.8. The van der Waals surface area contributed by atoms with Crippen molar-refractivity contribution in [1.29, 1.82) is 0 Å². The predicted molar refractivity (Wildman–Crippen MR) is 102 cm³/mol. The molecule has 2 rings (SSSR count). The molecule has 0 spiro atoms. The third kappa shape index (κ3) is 5.62. The van der Waals surface area contributed by atoms with E-state index in [2.05, 4.69) is 24.5 Å². The molecule has 0 saturated carbocycles. The van der Waals surface area contributed by atoms with Crippen LogP contribution in [-0.2, 0) is 4.79 Å². The minimum Gasteiger partial charge on any atom is -0.494 e. The van der Waals surface area contributed by atoms with Crippen molar-refractivity contribution >= 4 is 17.6 Å². The summed E-state index contributed by atoms with van der Waals surface area (Å²) >= 11 is 0. The summed E-state index contributed by atoms with van der Waals surface area (Å²) in [6, 6.07) is 7.08. The van der Waals surface area contributed by atoms with E-state index in [1.807, 2.05) is 31.2 Å². The van der Waals surface area contributed by atoms with E-state index in [-0.39, 0.29) is 18.0 Å². The maximum atomic E-state index is 12.3. The smallest absolute Gasteiger partial charge is 0.315 e. The monoisotopic (exact) mass is 363 g/mol. The van der Waals surface area contributed by atoms with Gasteiger partial charge in [0.1, 0.15) is 5.75 Å². The van der Waals surface area contributed by atoms with Gasteiger partial charge in [0.15, 0.2) is 0 Å². The molecule has 0 aliphatic carbocycles. The summed E-state index contributed by atoms with van der Waals surface area (Å²) in [7, 11) is 0. The standard InChI is InChI=1S/C19H30N4O3/c1-4-22(5-2)12-11-20-19(25)21-15-13-18(24)23(14-15)16-7-9-17(10-8-16)26-6-3/h7-10,15H,4-6,11-14H2,1-3H3,(H2,20,21,25)/p+1/t15-/m0/s1. The number of carbonyl (C=O) groups is 2. The van der Waals surface area contributed by atoms with Crippen LogP contribution in [0.5, 0.6) is 5.75 Å². The van der Waals surface area contributed by atoms with Crippen molar-refractivity contribution in [1.82, 2.24) is 10.6 Å². The van der Waals surface area contributed by atoms with E-state index in [4.69, 9.17) is 4.74 Å². The van der Waals surface area contributed by atoms with Crippen molar-refractivity contribution in [2.24, 2.45) is 0 Å². The van der Waals surface area contributed by atoms with Gasteiger partial charge in [-0.1, -0.05) is 0 Å². The highest BCUT2D eigenvalue weighted by molar-refractivity contribution is 5.96. The molecule has 1 fully saturated rings. The van der Waals surface area contributed by atoms with Gasteiger partial charge in [0.2, 0.25) is 5.91 Å². The number of amides is 3. The van der Waals surface area contributed by atoms with Crippen LogP contribution in [0, 0.1) is 0 Å². The van der Waals surface area contributed by atoms with Crippen molar-refractivity contribution in [2.75, 3.05) is 44.2 Å². The van der Waals surface area contributed by atoms with Crippen LogP contribution < -0.4 is 25.2 Å². The van der Waals surface area contributed by atoms with Gasteiger partial charge >= 0.3 is 6.03 Å². The zero-order chi connectivity index (χ0) is 18.9. The van der Waals surface area contributed by atoms with Gasteiger partial charge in [-0.25, -0.2) is 4.79 Å². The third-order valence-corrected chi connectivity index (χ3v) is 4.68. The highest BCUT2D eigenvalue weighted by Crippen LogP contribution is 2.24. The molecule has 1 aromatic rings. The number of hydrogen-bond donors (Lipinski definition) is 3. The quantitative estimate of drug-likeness (QED) is 0.595. The van der Waals surface area contributed by atoms with E-state index in [0.717, 1.165) is 31.1 Å². The maximum Gasteiger partial charge on any atom is 0.315 e. The molecule has 0 unspecified atom stereocenters. The molecule has 0 bridgehead atoms. The highest BCUT2D eigenvalue weighted by Gasteiger charge is 2.31. The number of hydrogen-bond acceptors (Lipinski definition) is 3. The van der Waals surface area contributed by atoms with Crippen molar-refractivity contribution in [3.63, 3.8) is 0 Å². The minimum absolute atomic E-state index is 0.0204. The van der Waals surface area contributed by atoms with Gasteiger partial charge in [0.25, 0.3) is 0 Å². The van der Waals surface area contributed by atoms with Gasteiger partial charge in [-0.3, -0.25) is 4.79 Å². The molecule has 1 aliphatic heterocycles. The molecule has 7 heteroatoms. The van der Waals surface area contributed by atoms with Crippen LogP contribution in [0.1, 0.15) is 27.2 Å². The number of carbonyl (C=O) groups excluding carboxylic acids is 2. The van der Waals surface area contributed by atoms with Gasteiger partial charge in [-0.05, 0) is 45.0 Å². The van der Waals surface area contributed by atoms with Crippen LogP contribution in [0.3, 0.4) is 0 Å². The van der Waals surface area contributed by atoms with E-state index in [0.29, 0.717) is 26.1 Å². The number of urea groups is 1. The number of anilines is 1. The lowest BCUT2D eigenvalue weighted by atomic mass is 10.2. The number of rotatable bonds is 9. The SMILES string of the molecule is CCOc1ccc(N2C[C@@H](NC(=O)NCC[NH+](CC)CC)CC2=O)cc1. The number of nitrogens with one attached hydrogen (secondary N) is 3. The van der Waals surface area contributed by atoms with Crippen molar-refractivity contribution in [2.45, 2.75) is 33.2 Å². The lowest BCUT2D eigenvalue weighted by Gasteiger charge is -2.18. The minimum atomic E-state index is -0.206. The Balaban J connectivity index is 1.80. The van der Waals surface area contributed by atoms with Crippen LogP contribution >= 0.6 is 0 Å². The first kappa shape index (κ1) is 20.0. The zero-order valence-electron chi connectivity index (χ0n) is 16.0. The molecule has 3 amide bonds. The number of ether oxygens (including phenoxy) is 1. The molecular formula is C19H31N4O3+. The first-order valence-electron chi connectivity index (χ1n) is 9.48. The fourth-order valence-electron chi connectivity index (χ4n) is 3.14. The summed E-state index contributed by atoms with van der Waals surface area (Å²) in [5, 5.41) is 5.79. The summed E-state index contributed by atoms with van der Waals surface area (Å²) in [5.41, 5.74) is 0.827. The van der Waals surface area contributed by atoms with Gasteiger partial charge in [-0.2, -0.15) is 0 Å². The Kier molecular flexibility index (Phi) is 7.72. The van der Waals surface area contributed by atoms with Crippen LogP contribution in [-0.4, -0.2) is 57.3 Å². The Hall–Kier alpha value is -2.28. The van der Waals surface area contributed by atoms with E-state index < -0.39 is 0 Å². The number of nitrogens with zero attached hydrogens (tertiary/aromatic N) is 1. The highest BCUT2D eigenvalue weighted by atomic mass is 16.5. The summed E-state index contributed by atoms with van der Waals surface area (Å²) in [5.74, 6) is 0.805. The zero-order valence-corrected chi connectivity index (χ0v) is 16.0. The molecular weight excluding hydrogens is 332 g/mol. The fraction of sp³-hybridized carbons (Fsp3) is 0.579. The molecule has 1 aliphatic rings. The van der Waals surface area contributed by atoms with Gasteiger partial charge < -0.3 is 25.2 Å². The first-order valence-corrected chi connectivity index (χ1v) is 9.48. The number of benzene rings is 1. The largest absolute Gasteiger partial charge is 0.494 e. The van der Waals surface area contributed by atoms with Crippen molar-refractivity contribution in [3.8, 4) is 5.75 Å². The molecule has 7 nitrogen and oxygen atoms in total. The third-order valence-electron chi connectivity index (χ3n) is 4.68. The Morgan fingerprint density at radius 1 is 1.23 bits per heavy atom.